The number of phosphoric ester groups is 2. The highest BCUT2D eigenvalue weighted by Gasteiger charge is 2.21. The third-order valence-corrected chi connectivity index (χ3v) is 8.72. The van der Waals surface area contributed by atoms with Crippen LogP contribution in [-0.4, -0.2) is 59.0 Å². The van der Waals surface area contributed by atoms with E-state index in [1.807, 2.05) is 0 Å². The normalized spacial score (nSPS) is 16.5. The number of hydrogen-bond donors (Lipinski definition) is 2. The summed E-state index contributed by atoms with van der Waals surface area (Å²) in [5.41, 5.74) is -3.36. The Morgan fingerprint density at radius 1 is 0.667 bits per heavy atom. The van der Waals surface area contributed by atoms with Crippen molar-refractivity contribution in [1.82, 2.24) is 9.13 Å². The Morgan fingerprint density at radius 2 is 0.976 bits per heavy atom. The van der Waals surface area contributed by atoms with Crippen molar-refractivity contribution in [2.24, 2.45) is 11.8 Å². The maximum atomic E-state index is 12.9. The SMILES string of the molecule is CCC(CO)COP(=O)([O-])OCCn1c(=O)c2cc3c(=O)n(CCOP(=O)([O-])OCC(CC)CO)c(=O)c3cc2c1=O. The molecular formula is C24H32N2O14P2-2. The van der Waals surface area contributed by atoms with E-state index in [-0.39, 0.29) is 48.0 Å². The van der Waals surface area contributed by atoms with Gasteiger partial charge in [-0.2, -0.15) is 0 Å². The summed E-state index contributed by atoms with van der Waals surface area (Å²) in [6.07, 6.45) is 0.934. The molecule has 0 aliphatic rings. The van der Waals surface area contributed by atoms with Crippen molar-refractivity contribution >= 4 is 37.2 Å². The zero-order chi connectivity index (χ0) is 31.2. The van der Waals surface area contributed by atoms with Gasteiger partial charge in [0.1, 0.15) is 0 Å². The number of nitrogens with zero attached hydrogens (tertiary/aromatic N) is 2. The summed E-state index contributed by atoms with van der Waals surface area (Å²) in [5, 5.41) is 17.5. The second-order valence-electron chi connectivity index (χ2n) is 9.53. The van der Waals surface area contributed by atoms with Crippen LogP contribution in [0.3, 0.4) is 0 Å². The maximum Gasteiger partial charge on any atom is 0.267 e. The van der Waals surface area contributed by atoms with Crippen LogP contribution >= 0.6 is 15.6 Å². The molecule has 0 fully saturated rings. The molecule has 4 unspecified atom stereocenters. The highest BCUT2D eigenvalue weighted by molar-refractivity contribution is 7.46. The van der Waals surface area contributed by atoms with Gasteiger partial charge >= 0.3 is 0 Å². The molecule has 2 aromatic heterocycles. The molecule has 4 atom stereocenters. The van der Waals surface area contributed by atoms with Gasteiger partial charge in [-0.15, -0.1) is 0 Å². The van der Waals surface area contributed by atoms with Gasteiger partial charge in [0.05, 0.1) is 61.1 Å². The van der Waals surface area contributed by atoms with Gasteiger partial charge in [-0.3, -0.25) is 37.4 Å². The molecule has 0 amide bonds. The molecule has 16 nitrogen and oxygen atoms in total. The zero-order valence-electron chi connectivity index (χ0n) is 23.0. The van der Waals surface area contributed by atoms with E-state index in [4.69, 9.17) is 28.3 Å². The van der Waals surface area contributed by atoms with E-state index in [1.54, 1.807) is 13.8 Å². The largest absolute Gasteiger partial charge is 0.756 e. The van der Waals surface area contributed by atoms with Gasteiger partial charge in [0.2, 0.25) is 0 Å². The van der Waals surface area contributed by atoms with Crippen LogP contribution in [0.1, 0.15) is 26.7 Å². The van der Waals surface area contributed by atoms with Gasteiger partial charge in [0, 0.05) is 25.0 Å². The van der Waals surface area contributed by atoms with E-state index >= 15 is 0 Å². The summed E-state index contributed by atoms with van der Waals surface area (Å²) < 4.78 is 44.2. The average Bonchev–Trinajstić information content (AvgIpc) is 3.32. The highest BCUT2D eigenvalue weighted by Crippen LogP contribution is 2.39. The third kappa shape index (κ3) is 7.97. The first-order valence-corrected chi connectivity index (χ1v) is 16.0. The predicted octanol–water partition coefficient (Wildman–Crippen LogP) is -1.05. The first-order chi connectivity index (χ1) is 19.8. The van der Waals surface area contributed by atoms with Crippen LogP contribution in [0, 0.1) is 11.8 Å². The number of benzene rings is 1. The van der Waals surface area contributed by atoms with Crippen molar-refractivity contribution in [2.45, 2.75) is 39.8 Å². The van der Waals surface area contributed by atoms with E-state index in [2.05, 4.69) is 0 Å². The minimum Gasteiger partial charge on any atom is -0.756 e. The van der Waals surface area contributed by atoms with Crippen molar-refractivity contribution in [3.05, 3.63) is 53.5 Å². The first-order valence-electron chi connectivity index (χ1n) is 13.1. The summed E-state index contributed by atoms with van der Waals surface area (Å²) in [6, 6.07) is 2.16. The number of hydrogen-bond acceptors (Lipinski definition) is 14. The number of fused-ring (bicyclic) bond motifs is 2. The second-order valence-corrected chi connectivity index (χ2v) is 12.4. The van der Waals surface area contributed by atoms with Crippen LogP contribution < -0.4 is 32.0 Å². The van der Waals surface area contributed by atoms with E-state index in [0.717, 1.165) is 12.1 Å². The average molecular weight is 634 g/mol. The highest BCUT2D eigenvalue weighted by atomic mass is 31.2. The van der Waals surface area contributed by atoms with Crippen LogP contribution in [0.25, 0.3) is 21.5 Å². The molecule has 0 saturated heterocycles. The van der Waals surface area contributed by atoms with E-state index in [0.29, 0.717) is 22.0 Å². The molecule has 0 spiro atoms. The lowest BCUT2D eigenvalue weighted by Crippen LogP contribution is -2.28. The van der Waals surface area contributed by atoms with Gasteiger partial charge in [0.15, 0.2) is 0 Å². The number of rotatable bonds is 18. The molecule has 2 N–H and O–H groups in total. The Morgan fingerprint density at radius 3 is 1.24 bits per heavy atom. The molecule has 0 radical (unpaired) electrons. The summed E-state index contributed by atoms with van der Waals surface area (Å²) in [4.78, 5) is 75.4. The van der Waals surface area contributed by atoms with E-state index in [9.17, 15) is 38.1 Å². The lowest BCUT2D eigenvalue weighted by atomic mass is 10.1. The molecule has 0 bridgehead atoms. The lowest BCUT2D eigenvalue weighted by Gasteiger charge is -2.24. The summed E-state index contributed by atoms with van der Waals surface area (Å²) in [5.74, 6) is -0.831. The Bertz CT molecular complexity index is 1480. The van der Waals surface area contributed by atoms with Crippen molar-refractivity contribution in [3.8, 4) is 0 Å². The first kappa shape index (κ1) is 34.1. The fourth-order valence-corrected chi connectivity index (χ4v) is 5.58. The van der Waals surface area contributed by atoms with Crippen molar-refractivity contribution < 1.29 is 47.2 Å². The molecule has 0 aliphatic carbocycles. The Hall–Kier alpha value is -2.36. The lowest BCUT2D eigenvalue weighted by molar-refractivity contribution is -0.228. The van der Waals surface area contributed by atoms with E-state index in [1.165, 1.54) is 0 Å². The topological polar surface area (TPSA) is 236 Å². The Labute approximate surface area is 238 Å². The summed E-state index contributed by atoms with van der Waals surface area (Å²) in [6.45, 7) is 0.146. The fraction of sp³-hybridized carbons (Fsp3) is 0.583. The Balaban J connectivity index is 1.74. The molecular weight excluding hydrogens is 602 g/mol. The molecule has 234 valence electrons. The maximum absolute atomic E-state index is 12.9. The predicted molar refractivity (Wildman–Crippen MR) is 146 cm³/mol. The molecule has 0 saturated carbocycles. The van der Waals surface area contributed by atoms with Gasteiger partial charge in [-0.1, -0.05) is 13.8 Å². The number of aromatic nitrogens is 2. The minimum absolute atomic E-state index is 0.180. The molecule has 1 aromatic carbocycles. The van der Waals surface area contributed by atoms with Gasteiger partial charge in [-0.25, -0.2) is 0 Å². The molecule has 2 heterocycles. The van der Waals surface area contributed by atoms with Crippen molar-refractivity contribution in [2.75, 3.05) is 39.6 Å². The van der Waals surface area contributed by atoms with Crippen LogP contribution in [0.2, 0.25) is 0 Å². The quantitative estimate of drug-likeness (QED) is 0.159. The van der Waals surface area contributed by atoms with Gasteiger partial charge in [-0.05, 0) is 25.0 Å². The fourth-order valence-electron chi connectivity index (χ4n) is 4.03. The van der Waals surface area contributed by atoms with Crippen LogP contribution in [0.4, 0.5) is 0 Å². The zero-order valence-corrected chi connectivity index (χ0v) is 24.8. The molecule has 42 heavy (non-hydrogen) atoms. The number of aliphatic hydroxyl groups is 2. The van der Waals surface area contributed by atoms with E-state index < -0.39 is 76.0 Å². The molecule has 3 aromatic rings. The number of phosphoric acid groups is 2. The van der Waals surface area contributed by atoms with Crippen molar-refractivity contribution in [3.63, 3.8) is 0 Å². The number of aliphatic hydroxyl groups excluding tert-OH is 2. The van der Waals surface area contributed by atoms with Crippen molar-refractivity contribution in [1.29, 1.82) is 0 Å². The van der Waals surface area contributed by atoms with Gasteiger partial charge in [0.25, 0.3) is 37.9 Å². The van der Waals surface area contributed by atoms with Gasteiger partial charge < -0.3 is 38.1 Å². The molecule has 18 heteroatoms. The summed E-state index contributed by atoms with van der Waals surface area (Å²) >= 11 is 0. The minimum atomic E-state index is -4.78. The van der Waals surface area contributed by atoms with Crippen LogP contribution in [0.15, 0.2) is 31.3 Å². The second kappa shape index (κ2) is 14.4. The smallest absolute Gasteiger partial charge is 0.267 e. The monoisotopic (exact) mass is 634 g/mol. The Kier molecular flexibility index (Phi) is 11.7. The molecule has 3 rings (SSSR count). The van der Waals surface area contributed by atoms with Crippen LogP contribution in [-0.2, 0) is 40.3 Å². The summed E-state index contributed by atoms with van der Waals surface area (Å²) in [7, 11) is -9.56. The standard InChI is InChI=1S/C24H34N2O14P2/c1-3-15(11-27)13-39-41(33,34)37-7-5-25-21(29)17-9-19-20(10-18(17)22(25)30)24(32)26(23(19)31)6-8-38-42(35,36)40-14-16(4-2)12-28/h9-10,15-16,27-28H,3-8,11-14H2,1-2H3,(H,33,34)(H,35,36)/p-2. The third-order valence-electron chi connectivity index (χ3n) is 6.80. The molecule has 0 aliphatic heterocycles. The van der Waals surface area contributed by atoms with Crippen LogP contribution in [0.5, 0.6) is 0 Å².